The van der Waals surface area contributed by atoms with Crippen LogP contribution < -0.4 is 0 Å². The van der Waals surface area contributed by atoms with Crippen molar-refractivity contribution in [3.05, 3.63) is 138 Å². The number of carbonyl (C=O) groups excluding carboxylic acids is 1. The van der Waals surface area contributed by atoms with E-state index in [1.807, 2.05) is 66.7 Å². The van der Waals surface area contributed by atoms with Gasteiger partial charge in [-0.1, -0.05) is 103 Å². The van der Waals surface area contributed by atoms with E-state index in [0.29, 0.717) is 24.7 Å². The smallest absolute Gasteiger partial charge is 0.240 e. The monoisotopic (exact) mass is 511 g/mol. The molecule has 1 aliphatic heterocycles. The first-order valence-corrected chi connectivity index (χ1v) is 12.8. The number of tetrazole rings is 1. The quantitative estimate of drug-likeness (QED) is 0.153. The van der Waals surface area contributed by atoms with Gasteiger partial charge in [-0.2, -0.15) is 4.99 Å². The molecular weight excluding hydrogens is 486 g/mol. The molecule has 0 radical (unpaired) electrons. The van der Waals surface area contributed by atoms with Crippen molar-refractivity contribution in [2.45, 2.75) is 12.0 Å². The van der Waals surface area contributed by atoms with Crippen LogP contribution in [-0.4, -0.2) is 39.5 Å². The van der Waals surface area contributed by atoms with Crippen molar-refractivity contribution in [2.75, 3.05) is 13.2 Å². The maximum Gasteiger partial charge on any atom is 0.240 e. The van der Waals surface area contributed by atoms with E-state index in [1.165, 1.54) is 0 Å². The van der Waals surface area contributed by atoms with Crippen molar-refractivity contribution in [1.29, 1.82) is 0 Å². The van der Waals surface area contributed by atoms with E-state index in [0.717, 1.165) is 39.8 Å². The Morgan fingerprint density at radius 2 is 1.41 bits per heavy atom. The van der Waals surface area contributed by atoms with Crippen LogP contribution in [-0.2, 0) is 15.1 Å². The van der Waals surface area contributed by atoms with E-state index in [2.05, 4.69) is 57.8 Å². The Morgan fingerprint density at radius 1 is 0.795 bits per heavy atom. The lowest BCUT2D eigenvalue weighted by molar-refractivity contribution is 0.161. The van der Waals surface area contributed by atoms with Gasteiger partial charge in [-0.3, -0.25) is 0 Å². The Hall–Kier alpha value is -4.97. The van der Waals surface area contributed by atoms with Crippen LogP contribution in [0.2, 0.25) is 0 Å². The van der Waals surface area contributed by atoms with Crippen molar-refractivity contribution in [1.82, 2.24) is 20.2 Å². The summed E-state index contributed by atoms with van der Waals surface area (Å²) in [5.74, 6) is 0.438. The summed E-state index contributed by atoms with van der Waals surface area (Å²) in [5.41, 5.74) is 5.43. The zero-order valence-electron chi connectivity index (χ0n) is 21.1. The fourth-order valence-electron chi connectivity index (χ4n) is 5.24. The molecule has 7 nitrogen and oxygen atoms in total. The number of ether oxygens (including phenoxy) is 1. The van der Waals surface area contributed by atoms with Crippen molar-refractivity contribution < 1.29 is 9.53 Å². The summed E-state index contributed by atoms with van der Waals surface area (Å²) in [6.45, 7) is 1.18. The van der Waals surface area contributed by atoms with E-state index in [1.54, 1.807) is 16.9 Å². The van der Waals surface area contributed by atoms with Crippen molar-refractivity contribution in [3.63, 3.8) is 0 Å². The average Bonchev–Trinajstić information content (AvgIpc) is 3.50. The van der Waals surface area contributed by atoms with Gasteiger partial charge >= 0.3 is 0 Å². The van der Waals surface area contributed by atoms with E-state index >= 15 is 0 Å². The number of aliphatic imine (C=N–C) groups is 1. The molecular formula is C32H25N5O2. The topological polar surface area (TPSA) is 82.3 Å². The van der Waals surface area contributed by atoms with Gasteiger partial charge in [0.05, 0.1) is 18.9 Å². The number of rotatable bonds is 7. The molecule has 0 unspecified atom stereocenters. The summed E-state index contributed by atoms with van der Waals surface area (Å²) in [4.78, 5) is 16.6. The summed E-state index contributed by atoms with van der Waals surface area (Å²) in [6.07, 6.45) is 4.46. The van der Waals surface area contributed by atoms with E-state index in [-0.39, 0.29) is 0 Å². The number of benzene rings is 4. The van der Waals surface area contributed by atoms with Gasteiger partial charge in [0.25, 0.3) is 0 Å². The van der Waals surface area contributed by atoms with E-state index in [9.17, 15) is 4.79 Å². The Morgan fingerprint density at radius 3 is 1.95 bits per heavy atom. The second-order valence-electron chi connectivity index (χ2n) is 9.20. The first-order chi connectivity index (χ1) is 19.3. The van der Waals surface area contributed by atoms with Gasteiger partial charge in [0.2, 0.25) is 11.9 Å². The summed E-state index contributed by atoms with van der Waals surface area (Å²) in [6, 6.07) is 36.2. The molecule has 39 heavy (non-hydrogen) atoms. The molecule has 0 saturated carbocycles. The van der Waals surface area contributed by atoms with Gasteiger partial charge in [0.1, 0.15) is 0 Å². The third kappa shape index (κ3) is 4.50. The SMILES string of the molecule is O=C=Nc1ccc(C2=CCOCC2)c(-c2nnn(C(c3ccccc3)(c3ccccc3)c3ccccc3)n2)c1. The Labute approximate surface area is 226 Å². The molecule has 0 fully saturated rings. The summed E-state index contributed by atoms with van der Waals surface area (Å²) in [7, 11) is 0. The summed E-state index contributed by atoms with van der Waals surface area (Å²) in [5, 5.41) is 14.3. The Balaban J connectivity index is 1.61. The first kappa shape index (κ1) is 24.4. The molecule has 0 aliphatic carbocycles. The Bertz CT molecular complexity index is 1560. The number of hydrogen-bond donors (Lipinski definition) is 0. The maximum atomic E-state index is 11.0. The molecule has 6 rings (SSSR count). The standard InChI is InChI=1S/C32H25N5O2/c38-23-33-28-16-17-29(24-18-20-39-21-19-24)30(22-28)31-34-36-37(35-31)32(25-10-4-1-5-11-25,26-12-6-2-7-13-26)27-14-8-3-9-15-27/h1-18,22H,19-21H2. The molecule has 0 saturated heterocycles. The molecule has 2 heterocycles. The number of isocyanates is 1. The van der Waals surface area contributed by atoms with Gasteiger partial charge in [-0.25, -0.2) is 4.79 Å². The van der Waals surface area contributed by atoms with Gasteiger partial charge < -0.3 is 4.74 Å². The van der Waals surface area contributed by atoms with Crippen LogP contribution in [0, 0.1) is 0 Å². The van der Waals surface area contributed by atoms with Gasteiger partial charge in [0.15, 0.2) is 5.54 Å². The third-order valence-corrected chi connectivity index (χ3v) is 7.02. The van der Waals surface area contributed by atoms with Gasteiger partial charge in [0, 0.05) is 5.56 Å². The molecule has 0 bridgehead atoms. The van der Waals surface area contributed by atoms with Gasteiger partial charge in [-0.15, -0.1) is 15.0 Å². The lowest BCUT2D eigenvalue weighted by Crippen LogP contribution is -2.39. The van der Waals surface area contributed by atoms with Crippen LogP contribution in [0.3, 0.4) is 0 Å². The molecule has 0 atom stereocenters. The maximum absolute atomic E-state index is 11.0. The van der Waals surface area contributed by atoms with Crippen LogP contribution in [0.15, 0.2) is 120 Å². The number of aromatic nitrogens is 4. The minimum Gasteiger partial charge on any atom is -0.377 e. The van der Waals surface area contributed by atoms with Gasteiger partial charge in [-0.05, 0) is 51.6 Å². The highest BCUT2D eigenvalue weighted by Gasteiger charge is 2.41. The highest BCUT2D eigenvalue weighted by atomic mass is 16.5. The van der Waals surface area contributed by atoms with E-state index < -0.39 is 5.54 Å². The largest absolute Gasteiger partial charge is 0.377 e. The summed E-state index contributed by atoms with van der Waals surface area (Å²) < 4.78 is 5.53. The highest BCUT2D eigenvalue weighted by molar-refractivity contribution is 5.81. The predicted molar refractivity (Wildman–Crippen MR) is 149 cm³/mol. The minimum absolute atomic E-state index is 0.438. The molecule has 4 aromatic carbocycles. The minimum atomic E-state index is -0.883. The number of hydrogen-bond acceptors (Lipinski definition) is 6. The molecule has 1 aromatic heterocycles. The average molecular weight is 512 g/mol. The lowest BCUT2D eigenvalue weighted by atomic mass is 9.77. The van der Waals surface area contributed by atoms with Crippen LogP contribution in [0.1, 0.15) is 28.7 Å². The Kier molecular flexibility index (Phi) is 6.75. The first-order valence-electron chi connectivity index (χ1n) is 12.8. The normalized spacial score (nSPS) is 13.4. The molecule has 0 amide bonds. The fraction of sp³-hybridized carbons (Fsp3) is 0.125. The van der Waals surface area contributed by atoms with Crippen molar-refractivity contribution in [2.24, 2.45) is 4.99 Å². The molecule has 0 N–H and O–H groups in total. The lowest BCUT2D eigenvalue weighted by Gasteiger charge is -2.34. The summed E-state index contributed by atoms with van der Waals surface area (Å²) >= 11 is 0. The molecule has 1 aliphatic rings. The van der Waals surface area contributed by atoms with Crippen molar-refractivity contribution in [3.8, 4) is 11.4 Å². The van der Waals surface area contributed by atoms with Crippen molar-refractivity contribution >= 4 is 17.3 Å². The molecule has 5 aromatic rings. The molecule has 7 heteroatoms. The van der Waals surface area contributed by atoms with E-state index in [4.69, 9.17) is 9.84 Å². The second kappa shape index (κ2) is 10.8. The number of nitrogens with zero attached hydrogens (tertiary/aromatic N) is 5. The predicted octanol–water partition coefficient (Wildman–Crippen LogP) is 5.95. The zero-order chi connectivity index (χ0) is 26.5. The molecule has 0 spiro atoms. The highest BCUT2D eigenvalue weighted by Crippen LogP contribution is 2.40. The van der Waals surface area contributed by atoms with Crippen LogP contribution >= 0.6 is 0 Å². The third-order valence-electron chi connectivity index (χ3n) is 7.02. The van der Waals surface area contributed by atoms with Crippen LogP contribution in [0.5, 0.6) is 0 Å². The van der Waals surface area contributed by atoms with Crippen LogP contribution in [0.4, 0.5) is 5.69 Å². The van der Waals surface area contributed by atoms with Crippen LogP contribution in [0.25, 0.3) is 17.0 Å². The second-order valence-corrected chi connectivity index (χ2v) is 9.20. The molecule has 190 valence electrons. The zero-order valence-corrected chi connectivity index (χ0v) is 21.1. The fourth-order valence-corrected chi connectivity index (χ4v) is 5.24.